The van der Waals surface area contributed by atoms with Crippen molar-refractivity contribution >= 4 is 22.9 Å². The minimum atomic E-state index is 0.0153. The van der Waals surface area contributed by atoms with E-state index in [0.29, 0.717) is 17.1 Å². The van der Waals surface area contributed by atoms with Gasteiger partial charge in [-0.15, -0.1) is 0 Å². The highest BCUT2D eigenvalue weighted by Gasteiger charge is 2.07. The van der Waals surface area contributed by atoms with Crippen LogP contribution in [0.1, 0.15) is 36.7 Å². The number of anilines is 1. The van der Waals surface area contributed by atoms with Crippen LogP contribution < -0.4 is 5.32 Å². The van der Waals surface area contributed by atoms with Crippen molar-refractivity contribution in [3.8, 4) is 5.75 Å². The topological polar surface area (TPSA) is 61.7 Å². The van der Waals surface area contributed by atoms with Gasteiger partial charge in [-0.25, -0.2) is 4.99 Å². The number of allylic oxidation sites excluding steroid dienone is 4. The zero-order chi connectivity index (χ0) is 19.8. The Kier molecular flexibility index (Phi) is 6.89. The lowest BCUT2D eigenvalue weighted by Crippen LogP contribution is -2.08. The Bertz CT molecular complexity index is 920. The number of amidine groups is 1. The number of phenolic OH excluding ortho intramolecular Hbond substituents is 1. The van der Waals surface area contributed by atoms with Crippen LogP contribution in [-0.2, 0) is 0 Å². The van der Waals surface area contributed by atoms with Gasteiger partial charge in [-0.05, 0) is 50.6 Å². The van der Waals surface area contributed by atoms with Crippen LogP contribution >= 0.6 is 0 Å². The number of aliphatic imine (C=N–C) groups is 1. The number of nitrogens with zero attached hydrogens (tertiary/aromatic N) is 1. The summed E-state index contributed by atoms with van der Waals surface area (Å²) in [6, 6.07) is 14.2. The molecule has 0 aliphatic rings. The maximum Gasteiger partial charge on any atom is 0.159 e. The van der Waals surface area contributed by atoms with Gasteiger partial charge in [-0.3, -0.25) is 4.79 Å². The van der Waals surface area contributed by atoms with E-state index < -0.39 is 0 Å². The number of benzene rings is 2. The molecule has 138 valence electrons. The molecule has 0 aromatic heterocycles. The van der Waals surface area contributed by atoms with Crippen LogP contribution in [0, 0.1) is 0 Å². The quantitative estimate of drug-likeness (QED) is 0.305. The first-order valence-corrected chi connectivity index (χ1v) is 8.65. The molecule has 0 saturated heterocycles. The van der Waals surface area contributed by atoms with Gasteiger partial charge < -0.3 is 10.4 Å². The smallest absolute Gasteiger partial charge is 0.159 e. The molecule has 2 aromatic carbocycles. The minimum Gasteiger partial charge on any atom is -0.508 e. The Morgan fingerprint density at radius 1 is 1.11 bits per heavy atom. The van der Waals surface area contributed by atoms with E-state index >= 15 is 0 Å². The molecule has 0 fully saturated rings. The summed E-state index contributed by atoms with van der Waals surface area (Å²) in [6.45, 7) is 9.41. The molecular weight excluding hydrogens is 336 g/mol. The second-order valence-corrected chi connectivity index (χ2v) is 6.06. The van der Waals surface area contributed by atoms with Crippen LogP contribution in [0.4, 0.5) is 5.69 Å². The monoisotopic (exact) mass is 360 g/mol. The maximum absolute atomic E-state index is 11.5. The lowest BCUT2D eigenvalue weighted by Gasteiger charge is -2.11. The van der Waals surface area contributed by atoms with Crippen LogP contribution in [0.25, 0.3) is 5.57 Å². The van der Waals surface area contributed by atoms with Crippen molar-refractivity contribution in [2.75, 3.05) is 5.32 Å². The summed E-state index contributed by atoms with van der Waals surface area (Å²) in [5.41, 5.74) is 3.79. The second kappa shape index (κ2) is 9.34. The fourth-order valence-corrected chi connectivity index (χ4v) is 2.51. The Labute approximate surface area is 160 Å². The summed E-state index contributed by atoms with van der Waals surface area (Å²) in [4.78, 5) is 16.1. The van der Waals surface area contributed by atoms with Crippen LogP contribution in [-0.4, -0.2) is 16.7 Å². The molecule has 0 aliphatic heterocycles. The Hall–Kier alpha value is -3.40. The van der Waals surface area contributed by atoms with Crippen molar-refractivity contribution in [2.24, 2.45) is 4.99 Å². The third-order valence-electron chi connectivity index (χ3n) is 3.84. The van der Waals surface area contributed by atoms with Gasteiger partial charge in [0.05, 0.1) is 5.70 Å². The first kappa shape index (κ1) is 19.9. The lowest BCUT2D eigenvalue weighted by molar-refractivity contribution is 0.101. The van der Waals surface area contributed by atoms with E-state index in [1.165, 1.54) is 6.92 Å². The van der Waals surface area contributed by atoms with E-state index in [-0.39, 0.29) is 11.5 Å². The highest BCUT2D eigenvalue weighted by atomic mass is 16.3. The molecule has 0 unspecified atom stereocenters. The van der Waals surface area contributed by atoms with E-state index in [4.69, 9.17) is 0 Å². The summed E-state index contributed by atoms with van der Waals surface area (Å²) in [6.07, 6.45) is 5.78. The number of nitrogens with one attached hydrogen (secondary N) is 1. The van der Waals surface area contributed by atoms with E-state index in [0.717, 1.165) is 16.8 Å². The Morgan fingerprint density at radius 3 is 2.44 bits per heavy atom. The van der Waals surface area contributed by atoms with Crippen molar-refractivity contribution < 1.29 is 9.90 Å². The van der Waals surface area contributed by atoms with Crippen LogP contribution in [0.2, 0.25) is 0 Å². The number of carbonyl (C=O) groups is 1. The summed E-state index contributed by atoms with van der Waals surface area (Å²) in [7, 11) is 0. The molecule has 2 rings (SSSR count). The van der Waals surface area contributed by atoms with Crippen LogP contribution in [0.5, 0.6) is 5.75 Å². The van der Waals surface area contributed by atoms with Gasteiger partial charge in [-0.2, -0.15) is 0 Å². The molecule has 0 bridgehead atoms. The standard InChI is InChI=1S/C23H24N2O2/c1-5-6-10-23(19-11-13-22(27)14-12-19)16(2)24-18(4)25-21-9-7-8-20(15-21)17(3)26/h5-15,27H,2H2,1,3-4H3,(H,24,25)/b6-5?,23-10+. The number of carbonyl (C=O) groups excluding carboxylic acids is 1. The zero-order valence-electron chi connectivity index (χ0n) is 15.9. The van der Waals surface area contributed by atoms with Gasteiger partial charge in [0.15, 0.2) is 5.78 Å². The summed E-state index contributed by atoms with van der Waals surface area (Å²) < 4.78 is 0. The van der Waals surface area contributed by atoms with Gasteiger partial charge >= 0.3 is 0 Å². The third kappa shape index (κ3) is 5.82. The second-order valence-electron chi connectivity index (χ2n) is 6.06. The van der Waals surface area contributed by atoms with Gasteiger partial charge in [0.2, 0.25) is 0 Å². The molecule has 0 spiro atoms. The Morgan fingerprint density at radius 2 is 1.81 bits per heavy atom. The number of aromatic hydroxyl groups is 1. The van der Waals surface area contributed by atoms with E-state index in [2.05, 4.69) is 16.9 Å². The number of phenols is 1. The number of ketones is 1. The number of hydrogen-bond acceptors (Lipinski definition) is 3. The molecule has 2 aromatic rings. The van der Waals surface area contributed by atoms with Crippen LogP contribution in [0.3, 0.4) is 0 Å². The highest BCUT2D eigenvalue weighted by molar-refractivity contribution is 5.99. The molecule has 0 atom stereocenters. The molecule has 4 heteroatoms. The van der Waals surface area contributed by atoms with Crippen molar-refractivity contribution in [3.05, 3.63) is 90.2 Å². The normalized spacial score (nSPS) is 12.3. The van der Waals surface area contributed by atoms with Crippen LogP contribution in [0.15, 0.2) is 84.0 Å². The van der Waals surface area contributed by atoms with Crippen molar-refractivity contribution in [2.45, 2.75) is 20.8 Å². The van der Waals surface area contributed by atoms with Crippen molar-refractivity contribution in [1.82, 2.24) is 0 Å². The van der Waals surface area contributed by atoms with E-state index in [9.17, 15) is 9.90 Å². The molecule has 0 heterocycles. The maximum atomic E-state index is 11.5. The summed E-state index contributed by atoms with van der Waals surface area (Å²) in [5.74, 6) is 0.883. The lowest BCUT2D eigenvalue weighted by atomic mass is 10.0. The molecule has 0 aliphatic carbocycles. The fourth-order valence-electron chi connectivity index (χ4n) is 2.51. The average Bonchev–Trinajstić information content (AvgIpc) is 2.63. The number of hydrogen-bond donors (Lipinski definition) is 2. The Balaban J connectivity index is 2.25. The molecule has 0 radical (unpaired) electrons. The van der Waals surface area contributed by atoms with Gasteiger partial charge in [-0.1, -0.05) is 49.1 Å². The predicted molar refractivity (Wildman–Crippen MR) is 113 cm³/mol. The van der Waals surface area contributed by atoms with Gasteiger partial charge in [0.25, 0.3) is 0 Å². The molecule has 0 saturated carbocycles. The van der Waals surface area contributed by atoms with E-state index in [1.54, 1.807) is 24.3 Å². The molecule has 2 N–H and O–H groups in total. The molecular formula is C23H24N2O2. The predicted octanol–water partition coefficient (Wildman–Crippen LogP) is 5.60. The largest absolute Gasteiger partial charge is 0.508 e. The first-order valence-electron chi connectivity index (χ1n) is 8.65. The number of Topliss-reactive ketones (excluding diaryl/α,β-unsaturated/α-hetero) is 1. The number of rotatable bonds is 6. The molecule has 0 amide bonds. The van der Waals surface area contributed by atoms with E-state index in [1.807, 2.05) is 56.3 Å². The third-order valence-corrected chi connectivity index (χ3v) is 3.84. The SMILES string of the molecule is C=C(N=C(C)Nc1cccc(C(C)=O)c1)/C(=C\C=CC)c1ccc(O)cc1. The van der Waals surface area contributed by atoms with Gasteiger partial charge in [0, 0.05) is 16.8 Å². The van der Waals surface area contributed by atoms with Gasteiger partial charge in [0.1, 0.15) is 11.6 Å². The highest BCUT2D eigenvalue weighted by Crippen LogP contribution is 2.25. The van der Waals surface area contributed by atoms with Crippen molar-refractivity contribution in [1.29, 1.82) is 0 Å². The van der Waals surface area contributed by atoms with Crippen molar-refractivity contribution in [3.63, 3.8) is 0 Å². The minimum absolute atomic E-state index is 0.0153. The average molecular weight is 360 g/mol. The summed E-state index contributed by atoms with van der Waals surface area (Å²) in [5, 5.41) is 12.7. The zero-order valence-corrected chi connectivity index (χ0v) is 15.9. The first-order chi connectivity index (χ1) is 12.9. The summed E-state index contributed by atoms with van der Waals surface area (Å²) >= 11 is 0. The molecule has 27 heavy (non-hydrogen) atoms. The fraction of sp³-hybridized carbons (Fsp3) is 0.130. The molecule has 4 nitrogen and oxygen atoms in total.